The van der Waals surface area contributed by atoms with Crippen molar-refractivity contribution in [1.82, 2.24) is 5.32 Å². The van der Waals surface area contributed by atoms with E-state index in [1.807, 2.05) is 31.2 Å². The molecule has 2 atom stereocenters. The van der Waals surface area contributed by atoms with Crippen molar-refractivity contribution in [2.45, 2.75) is 30.4 Å². The number of hydrogen-bond donors (Lipinski definition) is 2. The van der Waals surface area contributed by atoms with Crippen LogP contribution >= 0.6 is 11.8 Å². The maximum absolute atomic E-state index is 13.1. The Balaban J connectivity index is 1.43. The van der Waals surface area contributed by atoms with Crippen LogP contribution < -0.4 is 15.5 Å². The highest BCUT2D eigenvalue weighted by Gasteiger charge is 2.24. The quantitative estimate of drug-likeness (QED) is 0.673. The zero-order chi connectivity index (χ0) is 20.8. The van der Waals surface area contributed by atoms with E-state index in [1.54, 1.807) is 12.1 Å². The zero-order valence-electron chi connectivity index (χ0n) is 16.7. The van der Waals surface area contributed by atoms with Gasteiger partial charge in [-0.3, -0.25) is 9.59 Å². The molecule has 1 aliphatic heterocycles. The lowest BCUT2D eigenvalue weighted by atomic mass is 10.1. The Morgan fingerprint density at radius 1 is 1.17 bits per heavy atom. The third kappa shape index (κ3) is 6.22. The summed E-state index contributed by atoms with van der Waals surface area (Å²) in [5.41, 5.74) is 1.76. The van der Waals surface area contributed by atoms with Crippen molar-refractivity contribution >= 4 is 35.0 Å². The fourth-order valence-electron chi connectivity index (χ4n) is 3.35. The number of nitrogens with one attached hydrogen (secondary N) is 2. The Kier molecular flexibility index (Phi) is 7.14. The molecule has 1 aliphatic rings. The van der Waals surface area contributed by atoms with Crippen LogP contribution in [0, 0.1) is 11.7 Å². The average molecular weight is 416 g/mol. The van der Waals surface area contributed by atoms with Crippen LogP contribution in [0.25, 0.3) is 0 Å². The first-order valence-corrected chi connectivity index (χ1v) is 10.6. The van der Waals surface area contributed by atoms with Gasteiger partial charge in [0.1, 0.15) is 5.82 Å². The SMILES string of the molecule is CC(=O)Nc1ccc(SC(C)C(=O)NCC2CCN(c3ccc(F)cc3)C2)cc1. The Labute approximate surface area is 175 Å². The summed E-state index contributed by atoms with van der Waals surface area (Å²) in [5.74, 6) is 0.0652. The van der Waals surface area contributed by atoms with Gasteiger partial charge in [-0.25, -0.2) is 4.39 Å². The molecule has 0 aliphatic carbocycles. The molecular weight excluding hydrogens is 389 g/mol. The van der Waals surface area contributed by atoms with Crippen molar-refractivity contribution in [1.29, 1.82) is 0 Å². The van der Waals surface area contributed by atoms with Crippen LogP contribution in [0.3, 0.4) is 0 Å². The fourth-order valence-corrected chi connectivity index (χ4v) is 4.24. The molecule has 5 nitrogen and oxygen atoms in total. The summed E-state index contributed by atoms with van der Waals surface area (Å²) >= 11 is 1.49. The normalized spacial score (nSPS) is 17.1. The van der Waals surface area contributed by atoms with Crippen LogP contribution in [0.4, 0.5) is 15.8 Å². The number of benzene rings is 2. The van der Waals surface area contributed by atoms with Gasteiger partial charge in [-0.2, -0.15) is 0 Å². The van der Waals surface area contributed by atoms with Gasteiger partial charge < -0.3 is 15.5 Å². The molecule has 154 valence electrons. The van der Waals surface area contributed by atoms with Crippen LogP contribution in [-0.2, 0) is 9.59 Å². The fraction of sp³-hybridized carbons (Fsp3) is 0.364. The van der Waals surface area contributed by atoms with E-state index in [0.717, 1.165) is 35.8 Å². The summed E-state index contributed by atoms with van der Waals surface area (Å²) in [6.07, 6.45) is 1.00. The first-order valence-electron chi connectivity index (χ1n) is 9.73. The summed E-state index contributed by atoms with van der Waals surface area (Å²) in [5, 5.41) is 5.58. The van der Waals surface area contributed by atoms with E-state index in [4.69, 9.17) is 0 Å². The second-order valence-corrected chi connectivity index (χ2v) is 8.70. The number of hydrogen-bond acceptors (Lipinski definition) is 4. The van der Waals surface area contributed by atoms with Crippen molar-refractivity contribution in [3.05, 3.63) is 54.3 Å². The molecule has 7 heteroatoms. The molecule has 2 aromatic rings. The lowest BCUT2D eigenvalue weighted by Crippen LogP contribution is -2.35. The topological polar surface area (TPSA) is 61.4 Å². The second-order valence-electron chi connectivity index (χ2n) is 7.29. The highest BCUT2D eigenvalue weighted by Crippen LogP contribution is 2.26. The van der Waals surface area contributed by atoms with Gasteiger partial charge >= 0.3 is 0 Å². The number of amides is 2. The smallest absolute Gasteiger partial charge is 0.233 e. The van der Waals surface area contributed by atoms with Gasteiger partial charge in [0.25, 0.3) is 0 Å². The molecule has 29 heavy (non-hydrogen) atoms. The lowest BCUT2D eigenvalue weighted by Gasteiger charge is -2.19. The molecular formula is C22H26FN3O2S. The average Bonchev–Trinajstić information content (AvgIpc) is 3.16. The van der Waals surface area contributed by atoms with Crippen molar-refractivity contribution in [2.75, 3.05) is 29.9 Å². The molecule has 2 amide bonds. The van der Waals surface area contributed by atoms with Crippen molar-refractivity contribution in [3.63, 3.8) is 0 Å². The monoisotopic (exact) mass is 415 g/mol. The third-order valence-corrected chi connectivity index (χ3v) is 6.01. The van der Waals surface area contributed by atoms with Gasteiger partial charge in [-0.15, -0.1) is 11.8 Å². The summed E-state index contributed by atoms with van der Waals surface area (Å²) in [7, 11) is 0. The van der Waals surface area contributed by atoms with Crippen molar-refractivity contribution in [2.24, 2.45) is 5.92 Å². The minimum atomic E-state index is -0.229. The predicted molar refractivity (Wildman–Crippen MR) is 116 cm³/mol. The molecule has 0 spiro atoms. The van der Waals surface area contributed by atoms with E-state index >= 15 is 0 Å². The molecule has 0 radical (unpaired) electrons. The molecule has 1 heterocycles. The number of nitrogens with zero attached hydrogens (tertiary/aromatic N) is 1. The minimum absolute atomic E-state index is 0.0150. The highest BCUT2D eigenvalue weighted by atomic mass is 32.2. The molecule has 3 rings (SSSR count). The second kappa shape index (κ2) is 9.78. The number of carbonyl (C=O) groups excluding carboxylic acids is 2. The number of halogens is 1. The van der Waals surface area contributed by atoms with Gasteiger partial charge in [-0.1, -0.05) is 0 Å². The summed E-state index contributed by atoms with van der Waals surface area (Å²) in [6.45, 7) is 5.78. The van der Waals surface area contributed by atoms with Gasteiger partial charge in [0.15, 0.2) is 0 Å². The molecule has 0 bridgehead atoms. The maximum atomic E-state index is 13.1. The van der Waals surface area contributed by atoms with Gasteiger partial charge in [0, 0.05) is 42.8 Å². The minimum Gasteiger partial charge on any atom is -0.371 e. The summed E-state index contributed by atoms with van der Waals surface area (Å²) < 4.78 is 13.1. The largest absolute Gasteiger partial charge is 0.371 e. The van der Waals surface area contributed by atoms with E-state index in [1.165, 1.54) is 30.8 Å². The van der Waals surface area contributed by atoms with Crippen molar-refractivity contribution in [3.8, 4) is 0 Å². The highest BCUT2D eigenvalue weighted by molar-refractivity contribution is 8.00. The molecule has 2 aromatic carbocycles. The van der Waals surface area contributed by atoms with E-state index < -0.39 is 0 Å². The third-order valence-electron chi connectivity index (χ3n) is 4.90. The molecule has 0 aromatic heterocycles. The predicted octanol–water partition coefficient (Wildman–Crippen LogP) is 3.91. The standard InChI is InChI=1S/C22H26FN3O2S/c1-15(29-21-9-5-19(6-10-21)25-16(2)27)22(28)24-13-17-11-12-26(14-17)20-7-3-18(23)4-8-20/h3-10,15,17H,11-14H2,1-2H3,(H,24,28)(H,25,27). The Morgan fingerprint density at radius 3 is 2.52 bits per heavy atom. The first-order chi connectivity index (χ1) is 13.9. The number of anilines is 2. The van der Waals surface area contributed by atoms with Crippen LogP contribution in [0.2, 0.25) is 0 Å². The van der Waals surface area contributed by atoms with Gasteiger partial charge in [0.05, 0.1) is 5.25 Å². The van der Waals surface area contributed by atoms with Crippen molar-refractivity contribution < 1.29 is 14.0 Å². The molecule has 2 N–H and O–H groups in total. The van der Waals surface area contributed by atoms with E-state index in [9.17, 15) is 14.0 Å². The van der Waals surface area contributed by atoms with E-state index in [-0.39, 0.29) is 22.9 Å². The molecule has 1 fully saturated rings. The van der Waals surface area contributed by atoms with Crippen LogP contribution in [-0.4, -0.2) is 36.7 Å². The summed E-state index contributed by atoms with van der Waals surface area (Å²) in [4.78, 5) is 26.7. The van der Waals surface area contributed by atoms with Crippen LogP contribution in [0.1, 0.15) is 20.3 Å². The Bertz CT molecular complexity index is 842. The molecule has 2 unspecified atom stereocenters. The maximum Gasteiger partial charge on any atom is 0.233 e. The Morgan fingerprint density at radius 2 is 1.86 bits per heavy atom. The lowest BCUT2D eigenvalue weighted by molar-refractivity contribution is -0.120. The first kappa shape index (κ1) is 21.2. The van der Waals surface area contributed by atoms with Gasteiger partial charge in [0.2, 0.25) is 11.8 Å². The number of thioether (sulfide) groups is 1. The van der Waals surface area contributed by atoms with Crippen LogP contribution in [0.5, 0.6) is 0 Å². The number of carbonyl (C=O) groups is 2. The zero-order valence-corrected chi connectivity index (χ0v) is 17.5. The van der Waals surface area contributed by atoms with Gasteiger partial charge in [-0.05, 0) is 67.8 Å². The van der Waals surface area contributed by atoms with Crippen LogP contribution in [0.15, 0.2) is 53.4 Å². The molecule has 0 saturated carbocycles. The Hall–Kier alpha value is -2.54. The number of rotatable bonds is 7. The van der Waals surface area contributed by atoms with E-state index in [0.29, 0.717) is 12.5 Å². The summed E-state index contributed by atoms with van der Waals surface area (Å²) in [6, 6.07) is 14.0. The molecule has 1 saturated heterocycles. The van der Waals surface area contributed by atoms with E-state index in [2.05, 4.69) is 15.5 Å².